The fourth-order valence-corrected chi connectivity index (χ4v) is 2.13. The van der Waals surface area contributed by atoms with Crippen molar-refractivity contribution < 1.29 is 10.0 Å². The van der Waals surface area contributed by atoms with E-state index >= 15 is 0 Å². The molecule has 0 saturated carbocycles. The lowest BCUT2D eigenvalue weighted by Crippen LogP contribution is -2.26. The van der Waals surface area contributed by atoms with Crippen LogP contribution in [0.1, 0.15) is 6.92 Å². The van der Waals surface area contributed by atoms with Crippen LogP contribution in [0.5, 0.6) is 0 Å². The van der Waals surface area contributed by atoms with E-state index in [9.17, 15) is 10.1 Å². The van der Waals surface area contributed by atoms with Crippen LogP contribution >= 0.6 is 22.6 Å². The predicted molar refractivity (Wildman–Crippen MR) is 70.8 cm³/mol. The van der Waals surface area contributed by atoms with Crippen LogP contribution in [0.25, 0.3) is 0 Å². The Hall–Kier alpha value is -0.890. The molecule has 1 aromatic carbocycles. The average Bonchev–Trinajstić information content (AvgIpc) is 2.25. The monoisotopic (exact) mass is 336 g/mol. The SMILES string of the molecule is CCN(CCO)c1ccc([N+](=O)[O-])c(I)c1. The first-order chi connectivity index (χ1) is 7.60. The van der Waals surface area contributed by atoms with Crippen LogP contribution in [0.3, 0.4) is 0 Å². The van der Waals surface area contributed by atoms with Crippen molar-refractivity contribution in [1.29, 1.82) is 0 Å². The molecule has 0 saturated heterocycles. The smallest absolute Gasteiger partial charge is 0.282 e. The van der Waals surface area contributed by atoms with E-state index in [0.29, 0.717) is 10.1 Å². The molecular weight excluding hydrogens is 323 g/mol. The summed E-state index contributed by atoms with van der Waals surface area (Å²) in [6.07, 6.45) is 0. The van der Waals surface area contributed by atoms with E-state index in [1.54, 1.807) is 12.1 Å². The van der Waals surface area contributed by atoms with E-state index in [4.69, 9.17) is 5.11 Å². The number of nitro groups is 1. The van der Waals surface area contributed by atoms with Gasteiger partial charge in [0, 0.05) is 24.8 Å². The fraction of sp³-hybridized carbons (Fsp3) is 0.400. The van der Waals surface area contributed by atoms with Gasteiger partial charge in [0.25, 0.3) is 5.69 Å². The topological polar surface area (TPSA) is 66.6 Å². The molecule has 0 bridgehead atoms. The maximum absolute atomic E-state index is 10.6. The summed E-state index contributed by atoms with van der Waals surface area (Å²) >= 11 is 1.95. The highest BCUT2D eigenvalue weighted by molar-refractivity contribution is 14.1. The Kier molecular flexibility index (Phi) is 4.94. The lowest BCUT2D eigenvalue weighted by Gasteiger charge is -2.21. The normalized spacial score (nSPS) is 10.2. The first-order valence-corrected chi connectivity index (χ1v) is 5.97. The number of benzene rings is 1. The van der Waals surface area contributed by atoms with E-state index < -0.39 is 4.92 Å². The van der Waals surface area contributed by atoms with Crippen molar-refractivity contribution in [3.63, 3.8) is 0 Å². The van der Waals surface area contributed by atoms with Crippen LogP contribution < -0.4 is 4.90 Å². The lowest BCUT2D eigenvalue weighted by atomic mass is 10.2. The molecule has 0 radical (unpaired) electrons. The maximum Gasteiger partial charge on any atom is 0.282 e. The van der Waals surface area contributed by atoms with Crippen molar-refractivity contribution >= 4 is 34.0 Å². The van der Waals surface area contributed by atoms with Gasteiger partial charge in [-0.3, -0.25) is 10.1 Å². The summed E-state index contributed by atoms with van der Waals surface area (Å²) in [5, 5.41) is 19.5. The zero-order valence-corrected chi connectivity index (χ0v) is 11.0. The molecular formula is C10H13IN2O3. The van der Waals surface area contributed by atoms with Crippen molar-refractivity contribution in [2.24, 2.45) is 0 Å². The number of aliphatic hydroxyl groups excluding tert-OH is 1. The molecule has 1 N–H and O–H groups in total. The van der Waals surface area contributed by atoms with Crippen LogP contribution in [0, 0.1) is 13.7 Å². The Morgan fingerprint density at radius 2 is 2.25 bits per heavy atom. The Morgan fingerprint density at radius 1 is 1.56 bits per heavy atom. The number of halogens is 1. The van der Waals surface area contributed by atoms with Gasteiger partial charge in [-0.2, -0.15) is 0 Å². The molecule has 0 aromatic heterocycles. The third-order valence-corrected chi connectivity index (χ3v) is 3.11. The van der Waals surface area contributed by atoms with Crippen LogP contribution in [0.15, 0.2) is 18.2 Å². The summed E-state index contributed by atoms with van der Waals surface area (Å²) in [7, 11) is 0. The van der Waals surface area contributed by atoms with E-state index in [1.165, 1.54) is 6.07 Å². The number of likely N-dealkylation sites (N-methyl/N-ethyl adjacent to an activating group) is 1. The molecule has 16 heavy (non-hydrogen) atoms. The van der Waals surface area contributed by atoms with E-state index in [2.05, 4.69) is 0 Å². The van der Waals surface area contributed by atoms with E-state index in [-0.39, 0.29) is 12.3 Å². The zero-order valence-electron chi connectivity index (χ0n) is 8.89. The van der Waals surface area contributed by atoms with Gasteiger partial charge in [0.2, 0.25) is 0 Å². The molecule has 0 aliphatic carbocycles. The molecule has 0 unspecified atom stereocenters. The minimum atomic E-state index is -0.395. The third-order valence-electron chi connectivity index (χ3n) is 2.24. The molecule has 0 aliphatic rings. The van der Waals surface area contributed by atoms with Gasteiger partial charge in [0.1, 0.15) is 0 Å². The number of aliphatic hydroxyl groups is 1. The fourth-order valence-electron chi connectivity index (χ4n) is 1.43. The van der Waals surface area contributed by atoms with E-state index in [1.807, 2.05) is 34.4 Å². The zero-order chi connectivity index (χ0) is 12.1. The van der Waals surface area contributed by atoms with Crippen molar-refractivity contribution in [2.75, 3.05) is 24.6 Å². The highest BCUT2D eigenvalue weighted by Crippen LogP contribution is 2.26. The van der Waals surface area contributed by atoms with Crippen LogP contribution in [0.2, 0.25) is 0 Å². The molecule has 0 spiro atoms. The number of hydrogen-bond donors (Lipinski definition) is 1. The molecule has 1 rings (SSSR count). The Labute approximate surface area is 107 Å². The maximum atomic E-state index is 10.6. The first-order valence-electron chi connectivity index (χ1n) is 4.90. The molecule has 0 aliphatic heterocycles. The van der Waals surface area contributed by atoms with Gasteiger partial charge < -0.3 is 10.0 Å². The van der Waals surface area contributed by atoms with Gasteiger partial charge >= 0.3 is 0 Å². The van der Waals surface area contributed by atoms with Gasteiger partial charge in [0.15, 0.2) is 0 Å². The predicted octanol–water partition coefficient (Wildman–Crippen LogP) is 2.02. The summed E-state index contributed by atoms with van der Waals surface area (Å²) in [5.74, 6) is 0. The van der Waals surface area contributed by atoms with Gasteiger partial charge in [-0.25, -0.2) is 0 Å². The van der Waals surface area contributed by atoms with Gasteiger partial charge in [-0.05, 0) is 41.6 Å². The van der Waals surface area contributed by atoms with Crippen LogP contribution in [-0.2, 0) is 0 Å². The van der Waals surface area contributed by atoms with E-state index in [0.717, 1.165) is 12.2 Å². The van der Waals surface area contributed by atoms with Crippen molar-refractivity contribution in [3.8, 4) is 0 Å². The molecule has 0 fully saturated rings. The van der Waals surface area contributed by atoms with Crippen LogP contribution in [-0.4, -0.2) is 29.7 Å². The first kappa shape index (κ1) is 13.2. The molecule has 0 atom stereocenters. The van der Waals surface area contributed by atoms with Gasteiger partial charge in [-0.15, -0.1) is 0 Å². The molecule has 88 valence electrons. The molecule has 1 aromatic rings. The lowest BCUT2D eigenvalue weighted by molar-refractivity contribution is -0.385. The minimum absolute atomic E-state index is 0.0708. The summed E-state index contributed by atoms with van der Waals surface area (Å²) in [6, 6.07) is 4.97. The number of hydrogen-bond acceptors (Lipinski definition) is 4. The molecule has 5 nitrogen and oxygen atoms in total. The summed E-state index contributed by atoms with van der Waals surface area (Å²) < 4.78 is 0.608. The standard InChI is InChI=1S/C10H13IN2O3/c1-2-12(5-6-14)8-3-4-10(13(15)16)9(11)7-8/h3-4,7,14H,2,5-6H2,1H3. The quantitative estimate of drug-likeness (QED) is 0.508. The molecule has 0 amide bonds. The summed E-state index contributed by atoms with van der Waals surface area (Å²) in [4.78, 5) is 12.2. The van der Waals surface area contributed by atoms with Crippen LogP contribution in [0.4, 0.5) is 11.4 Å². The average molecular weight is 336 g/mol. The molecule has 6 heteroatoms. The number of rotatable bonds is 5. The van der Waals surface area contributed by atoms with Gasteiger partial charge in [0.05, 0.1) is 15.1 Å². The van der Waals surface area contributed by atoms with Crippen molar-refractivity contribution in [2.45, 2.75) is 6.92 Å². The summed E-state index contributed by atoms with van der Waals surface area (Å²) in [6.45, 7) is 3.34. The number of nitro benzene ring substituents is 1. The Morgan fingerprint density at radius 3 is 2.69 bits per heavy atom. The van der Waals surface area contributed by atoms with Crippen molar-refractivity contribution in [3.05, 3.63) is 31.9 Å². The largest absolute Gasteiger partial charge is 0.395 e. The number of nitrogens with zero attached hydrogens (tertiary/aromatic N) is 2. The second-order valence-electron chi connectivity index (χ2n) is 3.20. The highest BCUT2D eigenvalue weighted by Gasteiger charge is 2.13. The van der Waals surface area contributed by atoms with Crippen molar-refractivity contribution in [1.82, 2.24) is 0 Å². The Balaban J connectivity index is 2.99. The second kappa shape index (κ2) is 6.00. The second-order valence-corrected chi connectivity index (χ2v) is 4.36. The third kappa shape index (κ3) is 3.05. The highest BCUT2D eigenvalue weighted by atomic mass is 127. The number of anilines is 1. The van der Waals surface area contributed by atoms with Gasteiger partial charge in [-0.1, -0.05) is 0 Å². The summed E-state index contributed by atoms with van der Waals surface area (Å²) in [5.41, 5.74) is 1.01. The molecule has 0 heterocycles. The Bertz CT molecular complexity index is 384. The minimum Gasteiger partial charge on any atom is -0.395 e.